The fourth-order valence-corrected chi connectivity index (χ4v) is 3.03. The fraction of sp³-hybridized carbons (Fsp3) is 0. The fourth-order valence-electron chi connectivity index (χ4n) is 1.68. The summed E-state index contributed by atoms with van der Waals surface area (Å²) in [5.41, 5.74) is 1.50. The van der Waals surface area contributed by atoms with Crippen LogP contribution >= 0.6 is 22.7 Å². The molecular formula is C14H8F2N2OS2. The molecule has 106 valence electrons. The molecule has 1 aromatic carbocycles. The minimum Gasteiger partial charge on any atom is -0.298 e. The lowest BCUT2D eigenvalue weighted by molar-refractivity contribution is 0.102. The highest BCUT2D eigenvalue weighted by Crippen LogP contribution is 2.26. The van der Waals surface area contributed by atoms with Crippen LogP contribution in [0.1, 0.15) is 10.4 Å². The van der Waals surface area contributed by atoms with Gasteiger partial charge in [-0.15, -0.1) is 11.3 Å². The first-order valence-electron chi connectivity index (χ1n) is 5.88. The summed E-state index contributed by atoms with van der Waals surface area (Å²) in [5, 5.41) is 8.30. The molecule has 7 heteroatoms. The average molecular weight is 322 g/mol. The van der Waals surface area contributed by atoms with Crippen molar-refractivity contribution in [3.63, 3.8) is 0 Å². The van der Waals surface area contributed by atoms with Gasteiger partial charge in [0.2, 0.25) is 0 Å². The maximum atomic E-state index is 13.2. The molecule has 2 aromatic heterocycles. The van der Waals surface area contributed by atoms with Crippen LogP contribution in [-0.4, -0.2) is 10.9 Å². The van der Waals surface area contributed by atoms with E-state index in [0.717, 1.165) is 12.1 Å². The molecule has 0 saturated carbocycles. The standard InChI is InChI=1S/C14H8F2N2OS2/c15-10-2-1-8(5-11(10)16)12-7-21-14(17-12)18-13(19)9-3-4-20-6-9/h1-7H,(H,17,18,19). The van der Waals surface area contributed by atoms with E-state index < -0.39 is 11.6 Å². The molecule has 0 bridgehead atoms. The minimum atomic E-state index is -0.927. The van der Waals surface area contributed by atoms with E-state index in [2.05, 4.69) is 10.3 Å². The number of anilines is 1. The van der Waals surface area contributed by atoms with Gasteiger partial charge >= 0.3 is 0 Å². The second-order valence-electron chi connectivity index (χ2n) is 4.13. The van der Waals surface area contributed by atoms with Gasteiger partial charge in [-0.05, 0) is 29.6 Å². The van der Waals surface area contributed by atoms with Gasteiger partial charge in [0.25, 0.3) is 5.91 Å². The van der Waals surface area contributed by atoms with Crippen LogP contribution in [0.25, 0.3) is 11.3 Å². The van der Waals surface area contributed by atoms with Gasteiger partial charge in [0.05, 0.1) is 11.3 Å². The normalized spacial score (nSPS) is 10.6. The zero-order valence-corrected chi connectivity index (χ0v) is 12.1. The van der Waals surface area contributed by atoms with Crippen molar-refractivity contribution in [2.24, 2.45) is 0 Å². The van der Waals surface area contributed by atoms with Crippen molar-refractivity contribution in [1.82, 2.24) is 4.98 Å². The van der Waals surface area contributed by atoms with Crippen molar-refractivity contribution < 1.29 is 13.6 Å². The van der Waals surface area contributed by atoms with E-state index in [4.69, 9.17) is 0 Å². The van der Waals surface area contributed by atoms with Crippen LogP contribution in [0.3, 0.4) is 0 Å². The number of aromatic nitrogens is 1. The summed E-state index contributed by atoms with van der Waals surface area (Å²) in [7, 11) is 0. The molecule has 0 aliphatic rings. The topological polar surface area (TPSA) is 42.0 Å². The van der Waals surface area contributed by atoms with Crippen LogP contribution in [0.4, 0.5) is 13.9 Å². The molecule has 3 nitrogen and oxygen atoms in total. The van der Waals surface area contributed by atoms with Crippen LogP contribution in [0.15, 0.2) is 40.4 Å². The lowest BCUT2D eigenvalue weighted by Crippen LogP contribution is -2.10. The zero-order chi connectivity index (χ0) is 14.8. The third-order valence-corrected chi connectivity index (χ3v) is 4.16. The average Bonchev–Trinajstić information content (AvgIpc) is 3.12. The number of benzene rings is 1. The first kappa shape index (κ1) is 13.8. The number of nitrogens with zero attached hydrogens (tertiary/aromatic N) is 1. The molecule has 0 fully saturated rings. The van der Waals surface area contributed by atoms with Crippen LogP contribution in [0.2, 0.25) is 0 Å². The molecule has 1 amide bonds. The van der Waals surface area contributed by atoms with Crippen molar-refractivity contribution in [1.29, 1.82) is 0 Å². The monoisotopic (exact) mass is 322 g/mol. The number of thiophene rings is 1. The molecule has 3 rings (SSSR count). The first-order chi connectivity index (χ1) is 10.1. The lowest BCUT2D eigenvalue weighted by Gasteiger charge is -1.99. The number of carbonyl (C=O) groups excluding carboxylic acids is 1. The van der Waals surface area contributed by atoms with E-state index in [1.165, 1.54) is 28.7 Å². The molecule has 0 saturated heterocycles. The van der Waals surface area contributed by atoms with Gasteiger partial charge in [-0.3, -0.25) is 10.1 Å². The summed E-state index contributed by atoms with van der Waals surface area (Å²) in [5.74, 6) is -2.08. The molecule has 0 spiro atoms. The van der Waals surface area contributed by atoms with Crippen molar-refractivity contribution >= 4 is 33.7 Å². The molecule has 21 heavy (non-hydrogen) atoms. The summed E-state index contributed by atoms with van der Waals surface area (Å²) in [4.78, 5) is 16.1. The number of carbonyl (C=O) groups is 1. The smallest absolute Gasteiger partial charge is 0.258 e. The highest BCUT2D eigenvalue weighted by Gasteiger charge is 2.11. The zero-order valence-electron chi connectivity index (χ0n) is 10.5. The Labute approximate surface area is 126 Å². The Kier molecular flexibility index (Phi) is 3.76. The number of hydrogen-bond acceptors (Lipinski definition) is 4. The quantitative estimate of drug-likeness (QED) is 0.776. The molecule has 0 atom stereocenters. The summed E-state index contributed by atoms with van der Waals surface area (Å²) in [6.07, 6.45) is 0. The summed E-state index contributed by atoms with van der Waals surface area (Å²) < 4.78 is 26.1. The first-order valence-corrected chi connectivity index (χ1v) is 7.70. The Hall–Kier alpha value is -2.12. The summed E-state index contributed by atoms with van der Waals surface area (Å²) in [6.45, 7) is 0. The predicted molar refractivity (Wildman–Crippen MR) is 79.7 cm³/mol. The summed E-state index contributed by atoms with van der Waals surface area (Å²) in [6, 6.07) is 5.28. The third-order valence-electron chi connectivity index (χ3n) is 2.72. The van der Waals surface area contributed by atoms with Gasteiger partial charge < -0.3 is 0 Å². The van der Waals surface area contributed by atoms with Crippen LogP contribution < -0.4 is 5.32 Å². The van der Waals surface area contributed by atoms with E-state index in [-0.39, 0.29) is 5.91 Å². The van der Waals surface area contributed by atoms with E-state index in [1.54, 1.807) is 16.8 Å². The highest BCUT2D eigenvalue weighted by atomic mass is 32.1. The second-order valence-corrected chi connectivity index (χ2v) is 5.77. The van der Waals surface area contributed by atoms with Crippen molar-refractivity contribution in [2.75, 3.05) is 5.32 Å². The van der Waals surface area contributed by atoms with Gasteiger partial charge in [0.15, 0.2) is 16.8 Å². The van der Waals surface area contributed by atoms with Gasteiger partial charge in [0, 0.05) is 16.3 Å². The highest BCUT2D eigenvalue weighted by molar-refractivity contribution is 7.14. The largest absolute Gasteiger partial charge is 0.298 e. The van der Waals surface area contributed by atoms with Crippen LogP contribution in [0, 0.1) is 11.6 Å². The van der Waals surface area contributed by atoms with E-state index >= 15 is 0 Å². The van der Waals surface area contributed by atoms with Crippen molar-refractivity contribution in [2.45, 2.75) is 0 Å². The van der Waals surface area contributed by atoms with E-state index in [1.807, 2.05) is 5.38 Å². The third kappa shape index (κ3) is 2.98. The SMILES string of the molecule is O=C(Nc1nc(-c2ccc(F)c(F)c2)cs1)c1ccsc1. The number of halogens is 2. The molecule has 0 radical (unpaired) electrons. The number of nitrogens with one attached hydrogen (secondary N) is 1. The van der Waals surface area contributed by atoms with Gasteiger partial charge in [-0.25, -0.2) is 13.8 Å². The Morgan fingerprint density at radius 3 is 2.71 bits per heavy atom. The Morgan fingerprint density at radius 2 is 2.00 bits per heavy atom. The minimum absolute atomic E-state index is 0.248. The molecule has 0 aliphatic heterocycles. The molecular weight excluding hydrogens is 314 g/mol. The lowest BCUT2D eigenvalue weighted by atomic mass is 10.2. The van der Waals surface area contributed by atoms with Crippen molar-refractivity contribution in [3.05, 3.63) is 57.6 Å². The van der Waals surface area contributed by atoms with Gasteiger partial charge in [-0.2, -0.15) is 11.3 Å². The van der Waals surface area contributed by atoms with E-state index in [9.17, 15) is 13.6 Å². The number of thiazole rings is 1. The maximum absolute atomic E-state index is 13.2. The summed E-state index contributed by atoms with van der Waals surface area (Å²) >= 11 is 2.65. The van der Waals surface area contributed by atoms with Gasteiger partial charge in [0.1, 0.15) is 0 Å². The van der Waals surface area contributed by atoms with Crippen LogP contribution in [0.5, 0.6) is 0 Å². The Bertz CT molecular complexity index is 784. The van der Waals surface area contributed by atoms with Gasteiger partial charge in [-0.1, -0.05) is 0 Å². The Morgan fingerprint density at radius 1 is 1.14 bits per heavy atom. The second kappa shape index (κ2) is 5.71. The molecule has 3 aromatic rings. The molecule has 1 N–H and O–H groups in total. The molecule has 2 heterocycles. The Balaban J connectivity index is 1.80. The van der Waals surface area contributed by atoms with Crippen molar-refractivity contribution in [3.8, 4) is 11.3 Å². The molecule has 0 aliphatic carbocycles. The number of hydrogen-bond donors (Lipinski definition) is 1. The number of rotatable bonds is 3. The maximum Gasteiger partial charge on any atom is 0.258 e. The van der Waals surface area contributed by atoms with Crippen LogP contribution in [-0.2, 0) is 0 Å². The van der Waals surface area contributed by atoms with E-state index in [0.29, 0.717) is 22.0 Å². The predicted octanol–water partition coefficient (Wildman–Crippen LogP) is 4.40. The number of amides is 1. The molecule has 0 unspecified atom stereocenters.